The van der Waals surface area contributed by atoms with Crippen LogP contribution in [0.1, 0.15) is 56.1 Å². The molecule has 1 N–H and O–H groups in total. The Labute approximate surface area is 161 Å². The van der Waals surface area contributed by atoms with Crippen LogP contribution >= 0.6 is 11.6 Å². The molecule has 142 valence electrons. The van der Waals surface area contributed by atoms with Gasteiger partial charge in [0.2, 0.25) is 11.8 Å². The highest BCUT2D eigenvalue weighted by Crippen LogP contribution is 2.30. The van der Waals surface area contributed by atoms with Crippen LogP contribution < -0.4 is 5.32 Å². The van der Waals surface area contributed by atoms with E-state index in [4.69, 9.17) is 11.6 Å². The van der Waals surface area contributed by atoms with Gasteiger partial charge in [-0.25, -0.2) is 0 Å². The molecule has 0 aromatic heterocycles. The molecular formula is C21H29ClN2O2. The molecule has 26 heavy (non-hydrogen) atoms. The molecule has 3 rings (SSSR count). The van der Waals surface area contributed by atoms with E-state index in [0.29, 0.717) is 29.7 Å². The molecule has 1 aromatic rings. The van der Waals surface area contributed by atoms with Crippen LogP contribution in [0.25, 0.3) is 0 Å². The third kappa shape index (κ3) is 4.40. The van der Waals surface area contributed by atoms with Gasteiger partial charge in [-0.3, -0.25) is 9.59 Å². The van der Waals surface area contributed by atoms with Gasteiger partial charge in [0.1, 0.15) is 0 Å². The van der Waals surface area contributed by atoms with Crippen LogP contribution in [0.4, 0.5) is 5.69 Å². The van der Waals surface area contributed by atoms with Crippen molar-refractivity contribution >= 4 is 29.1 Å². The van der Waals surface area contributed by atoms with Crippen LogP contribution in [0.3, 0.4) is 0 Å². The van der Waals surface area contributed by atoms with E-state index in [1.54, 1.807) is 0 Å². The first-order valence-corrected chi connectivity index (χ1v) is 10.2. The number of amides is 2. The standard InChI is InChI=1S/C21H29ClN2O2/c1-14-12-15(2)19(18(22)13-14)23-20(25)16-8-10-24(11-9-16)21(26)17-6-4-3-5-7-17/h12-13,16-17H,3-11H2,1-2H3,(H,23,25). The molecule has 1 saturated carbocycles. The van der Waals surface area contributed by atoms with E-state index in [0.717, 1.165) is 36.8 Å². The van der Waals surface area contributed by atoms with E-state index in [-0.39, 0.29) is 17.7 Å². The van der Waals surface area contributed by atoms with Crippen LogP contribution in [-0.4, -0.2) is 29.8 Å². The van der Waals surface area contributed by atoms with E-state index in [2.05, 4.69) is 5.32 Å². The summed E-state index contributed by atoms with van der Waals surface area (Å²) in [6, 6.07) is 3.89. The van der Waals surface area contributed by atoms with Crippen molar-refractivity contribution in [2.24, 2.45) is 11.8 Å². The predicted octanol–water partition coefficient (Wildman–Crippen LogP) is 4.71. The number of halogens is 1. The van der Waals surface area contributed by atoms with Crippen molar-refractivity contribution in [1.82, 2.24) is 4.90 Å². The highest BCUT2D eigenvalue weighted by molar-refractivity contribution is 6.34. The first-order chi connectivity index (χ1) is 12.5. The quantitative estimate of drug-likeness (QED) is 0.830. The first kappa shape index (κ1) is 19.2. The number of aryl methyl sites for hydroxylation is 2. The lowest BCUT2D eigenvalue weighted by atomic mass is 9.87. The number of hydrogen-bond donors (Lipinski definition) is 1. The second kappa shape index (κ2) is 8.43. The SMILES string of the molecule is Cc1cc(C)c(NC(=O)C2CCN(C(=O)C3CCCCC3)CC2)c(Cl)c1. The number of rotatable bonds is 3. The van der Waals surface area contributed by atoms with Crippen LogP contribution in [0, 0.1) is 25.7 Å². The largest absolute Gasteiger partial charge is 0.342 e. The molecule has 4 nitrogen and oxygen atoms in total. The number of hydrogen-bond acceptors (Lipinski definition) is 2. The maximum atomic E-state index is 12.7. The molecule has 1 aliphatic heterocycles. The van der Waals surface area contributed by atoms with Crippen LogP contribution in [0.5, 0.6) is 0 Å². The summed E-state index contributed by atoms with van der Waals surface area (Å²) in [7, 11) is 0. The lowest BCUT2D eigenvalue weighted by Crippen LogP contribution is -2.44. The Kier molecular flexibility index (Phi) is 6.23. The van der Waals surface area contributed by atoms with Gasteiger partial charge < -0.3 is 10.2 Å². The Balaban J connectivity index is 1.54. The lowest BCUT2D eigenvalue weighted by Gasteiger charge is -2.34. The van der Waals surface area contributed by atoms with Gasteiger partial charge in [0, 0.05) is 24.9 Å². The summed E-state index contributed by atoms with van der Waals surface area (Å²) in [5, 5.41) is 3.59. The van der Waals surface area contributed by atoms with Crippen LogP contribution in [0.2, 0.25) is 5.02 Å². The minimum Gasteiger partial charge on any atom is -0.342 e. The third-order valence-corrected chi connectivity index (χ3v) is 6.11. The molecule has 1 saturated heterocycles. The number of benzene rings is 1. The molecule has 1 aromatic carbocycles. The van der Waals surface area contributed by atoms with Gasteiger partial charge in [-0.1, -0.05) is 36.9 Å². The average molecular weight is 377 g/mol. The van der Waals surface area contributed by atoms with Crippen molar-refractivity contribution in [1.29, 1.82) is 0 Å². The lowest BCUT2D eigenvalue weighted by molar-refractivity contribution is -0.139. The molecule has 0 radical (unpaired) electrons. The number of nitrogens with zero attached hydrogens (tertiary/aromatic N) is 1. The van der Waals surface area contributed by atoms with Gasteiger partial charge in [-0.15, -0.1) is 0 Å². The van der Waals surface area contributed by atoms with Crippen molar-refractivity contribution < 1.29 is 9.59 Å². The number of carbonyl (C=O) groups is 2. The van der Waals surface area contributed by atoms with Crippen LogP contribution in [0.15, 0.2) is 12.1 Å². The molecular weight excluding hydrogens is 348 g/mol. The molecule has 5 heteroatoms. The Hall–Kier alpha value is -1.55. The maximum Gasteiger partial charge on any atom is 0.227 e. The van der Waals surface area contributed by atoms with Crippen molar-refractivity contribution in [3.05, 3.63) is 28.3 Å². The fourth-order valence-electron chi connectivity index (χ4n) is 4.27. The summed E-state index contributed by atoms with van der Waals surface area (Å²) in [5.74, 6) is 0.481. The molecule has 0 spiro atoms. The van der Waals surface area contributed by atoms with E-state index < -0.39 is 0 Å². The second-order valence-corrected chi connectivity index (χ2v) is 8.27. The summed E-state index contributed by atoms with van der Waals surface area (Å²) >= 11 is 6.30. The van der Waals surface area contributed by atoms with Crippen LogP contribution in [-0.2, 0) is 9.59 Å². The maximum absolute atomic E-state index is 12.7. The highest BCUT2D eigenvalue weighted by Gasteiger charge is 2.31. The number of likely N-dealkylation sites (tertiary alicyclic amines) is 1. The molecule has 0 unspecified atom stereocenters. The Bertz CT molecular complexity index is 652. The molecule has 1 aliphatic carbocycles. The zero-order chi connectivity index (χ0) is 18.7. The average Bonchev–Trinajstić information content (AvgIpc) is 2.64. The Morgan fingerprint density at radius 3 is 2.27 bits per heavy atom. The Morgan fingerprint density at radius 1 is 1.00 bits per heavy atom. The van der Waals surface area contributed by atoms with E-state index >= 15 is 0 Å². The fraction of sp³-hybridized carbons (Fsp3) is 0.619. The number of nitrogens with one attached hydrogen (secondary N) is 1. The number of piperidine rings is 1. The zero-order valence-electron chi connectivity index (χ0n) is 15.8. The molecule has 2 aliphatic rings. The minimum absolute atomic E-state index is 0.0172. The summed E-state index contributed by atoms with van der Waals surface area (Å²) in [4.78, 5) is 27.3. The molecule has 0 atom stereocenters. The van der Waals surface area contributed by atoms with Crippen molar-refractivity contribution in [2.45, 2.75) is 58.8 Å². The normalized spacial score (nSPS) is 19.4. The summed E-state index contributed by atoms with van der Waals surface area (Å²) < 4.78 is 0. The van der Waals surface area contributed by atoms with Gasteiger partial charge in [0.05, 0.1) is 10.7 Å². The van der Waals surface area contributed by atoms with E-state index in [1.165, 1.54) is 19.3 Å². The van der Waals surface area contributed by atoms with E-state index in [1.807, 2.05) is 30.9 Å². The second-order valence-electron chi connectivity index (χ2n) is 7.86. The smallest absolute Gasteiger partial charge is 0.227 e. The van der Waals surface area contributed by atoms with Gasteiger partial charge >= 0.3 is 0 Å². The zero-order valence-corrected chi connectivity index (χ0v) is 16.6. The number of carbonyl (C=O) groups excluding carboxylic acids is 2. The summed E-state index contributed by atoms with van der Waals surface area (Å²) in [6.45, 7) is 5.32. The molecule has 2 fully saturated rings. The summed E-state index contributed by atoms with van der Waals surface area (Å²) in [5.41, 5.74) is 2.77. The Morgan fingerprint density at radius 2 is 1.65 bits per heavy atom. The predicted molar refractivity (Wildman–Crippen MR) is 105 cm³/mol. The molecule has 0 bridgehead atoms. The topological polar surface area (TPSA) is 49.4 Å². The molecule has 1 heterocycles. The molecule has 2 amide bonds. The van der Waals surface area contributed by atoms with Gasteiger partial charge in [0.15, 0.2) is 0 Å². The van der Waals surface area contributed by atoms with Crippen molar-refractivity contribution in [3.63, 3.8) is 0 Å². The van der Waals surface area contributed by atoms with Crippen molar-refractivity contribution in [3.8, 4) is 0 Å². The van der Waals surface area contributed by atoms with E-state index in [9.17, 15) is 9.59 Å². The van der Waals surface area contributed by atoms with Crippen molar-refractivity contribution in [2.75, 3.05) is 18.4 Å². The summed E-state index contributed by atoms with van der Waals surface area (Å²) in [6.07, 6.45) is 7.12. The van der Waals surface area contributed by atoms with Gasteiger partial charge in [-0.05, 0) is 56.7 Å². The third-order valence-electron chi connectivity index (χ3n) is 5.81. The monoisotopic (exact) mass is 376 g/mol. The first-order valence-electron chi connectivity index (χ1n) is 9.82. The van der Waals surface area contributed by atoms with Gasteiger partial charge in [-0.2, -0.15) is 0 Å². The van der Waals surface area contributed by atoms with Gasteiger partial charge in [0.25, 0.3) is 0 Å². The number of anilines is 1. The fourth-order valence-corrected chi connectivity index (χ4v) is 4.64. The highest BCUT2D eigenvalue weighted by atomic mass is 35.5. The minimum atomic E-state index is -0.0535.